The molecule has 0 aromatic carbocycles. The van der Waals surface area contributed by atoms with E-state index in [1.165, 1.54) is 0 Å². The zero-order chi connectivity index (χ0) is 15.8. The number of hydrogen-bond donors (Lipinski definition) is 1. The molecule has 4 nitrogen and oxygen atoms in total. The third-order valence-corrected chi connectivity index (χ3v) is 6.31. The van der Waals surface area contributed by atoms with Gasteiger partial charge in [0.05, 0.1) is 5.75 Å². The van der Waals surface area contributed by atoms with Crippen molar-refractivity contribution >= 4 is 9.84 Å². The molecule has 0 radical (unpaired) electrons. The number of rotatable bonds is 11. The second-order valence-electron chi connectivity index (χ2n) is 5.99. The molecule has 0 aliphatic carbocycles. The van der Waals surface area contributed by atoms with Crippen molar-refractivity contribution in [3.05, 3.63) is 0 Å². The lowest BCUT2D eigenvalue weighted by atomic mass is 9.85. The highest BCUT2D eigenvalue weighted by Crippen LogP contribution is 2.24. The molecule has 122 valence electrons. The van der Waals surface area contributed by atoms with Gasteiger partial charge >= 0.3 is 0 Å². The van der Waals surface area contributed by atoms with Gasteiger partial charge < -0.3 is 10.2 Å². The van der Waals surface area contributed by atoms with E-state index >= 15 is 0 Å². The Morgan fingerprint density at radius 1 is 1.20 bits per heavy atom. The fourth-order valence-corrected chi connectivity index (χ4v) is 3.37. The SMILES string of the molecule is CCCNC(CCCS(=O)(=O)CC)C(C)(CC)N(C)C. The predicted molar refractivity (Wildman–Crippen MR) is 88.0 cm³/mol. The summed E-state index contributed by atoms with van der Waals surface area (Å²) >= 11 is 0. The van der Waals surface area contributed by atoms with Crippen LogP contribution in [-0.4, -0.2) is 57.0 Å². The Balaban J connectivity index is 4.72. The van der Waals surface area contributed by atoms with Gasteiger partial charge in [-0.25, -0.2) is 8.42 Å². The normalized spacial score (nSPS) is 17.1. The minimum atomic E-state index is -2.85. The zero-order valence-electron chi connectivity index (χ0n) is 14.2. The highest BCUT2D eigenvalue weighted by atomic mass is 32.2. The van der Waals surface area contributed by atoms with Crippen LogP contribution in [0.1, 0.15) is 53.4 Å². The molecule has 0 aliphatic heterocycles. The topological polar surface area (TPSA) is 49.4 Å². The summed E-state index contributed by atoms with van der Waals surface area (Å²) in [6.07, 6.45) is 3.78. The first-order valence-corrected chi connectivity index (χ1v) is 9.66. The van der Waals surface area contributed by atoms with E-state index in [1.54, 1.807) is 6.92 Å². The highest BCUT2D eigenvalue weighted by molar-refractivity contribution is 7.91. The summed E-state index contributed by atoms with van der Waals surface area (Å²) in [5, 5.41) is 3.61. The van der Waals surface area contributed by atoms with Crippen LogP contribution in [0, 0.1) is 0 Å². The van der Waals surface area contributed by atoms with E-state index in [0.29, 0.717) is 11.8 Å². The molecule has 0 aromatic heterocycles. The van der Waals surface area contributed by atoms with Crippen LogP contribution in [0.25, 0.3) is 0 Å². The van der Waals surface area contributed by atoms with Crippen molar-refractivity contribution in [2.75, 3.05) is 32.1 Å². The first kappa shape index (κ1) is 19.9. The number of likely N-dealkylation sites (N-methyl/N-ethyl adjacent to an activating group) is 1. The number of nitrogens with one attached hydrogen (secondary N) is 1. The third-order valence-electron chi connectivity index (χ3n) is 4.52. The molecule has 2 atom stereocenters. The molecule has 2 unspecified atom stereocenters. The summed E-state index contributed by atoms with van der Waals surface area (Å²) in [5.74, 6) is 0.555. The molecule has 5 heteroatoms. The fraction of sp³-hybridized carbons (Fsp3) is 1.00. The number of nitrogens with zero attached hydrogens (tertiary/aromatic N) is 1. The van der Waals surface area contributed by atoms with Gasteiger partial charge in [0.1, 0.15) is 9.84 Å². The molecule has 1 N–H and O–H groups in total. The Morgan fingerprint density at radius 3 is 2.20 bits per heavy atom. The van der Waals surface area contributed by atoms with E-state index in [-0.39, 0.29) is 11.3 Å². The van der Waals surface area contributed by atoms with Gasteiger partial charge in [-0.3, -0.25) is 0 Å². The second-order valence-corrected chi connectivity index (χ2v) is 8.46. The summed E-state index contributed by atoms with van der Waals surface area (Å²) in [5.41, 5.74) is 0.0607. The van der Waals surface area contributed by atoms with Crippen LogP contribution < -0.4 is 5.32 Å². The summed E-state index contributed by atoms with van der Waals surface area (Å²) < 4.78 is 23.2. The smallest absolute Gasteiger partial charge is 0.150 e. The van der Waals surface area contributed by atoms with Crippen molar-refractivity contribution in [1.29, 1.82) is 0 Å². The molecule has 0 bridgehead atoms. The Labute approximate surface area is 126 Å². The van der Waals surface area contributed by atoms with Crippen LogP contribution in [0.2, 0.25) is 0 Å². The van der Waals surface area contributed by atoms with Crippen molar-refractivity contribution in [1.82, 2.24) is 10.2 Å². The maximum atomic E-state index is 11.6. The standard InChI is InChI=1S/C15H34N2O2S/c1-7-12-16-14(15(4,8-2)17(5)6)11-10-13-20(18,19)9-3/h14,16H,7-13H2,1-6H3. The summed E-state index contributed by atoms with van der Waals surface area (Å²) in [6.45, 7) is 9.31. The van der Waals surface area contributed by atoms with Crippen LogP contribution in [-0.2, 0) is 9.84 Å². The van der Waals surface area contributed by atoms with Gasteiger partial charge in [-0.05, 0) is 53.2 Å². The Bertz CT molecular complexity index is 355. The maximum absolute atomic E-state index is 11.6. The summed E-state index contributed by atoms with van der Waals surface area (Å²) in [4.78, 5) is 2.26. The van der Waals surface area contributed by atoms with E-state index in [2.05, 4.69) is 45.1 Å². The van der Waals surface area contributed by atoms with E-state index in [1.807, 2.05) is 0 Å². The van der Waals surface area contributed by atoms with Crippen molar-refractivity contribution in [3.8, 4) is 0 Å². The molecule has 0 heterocycles. The summed E-state index contributed by atoms with van der Waals surface area (Å²) in [7, 11) is 1.36. The minimum absolute atomic E-state index is 0.0607. The Hall–Kier alpha value is -0.130. The lowest BCUT2D eigenvalue weighted by Gasteiger charge is -2.43. The first-order chi connectivity index (χ1) is 9.23. The van der Waals surface area contributed by atoms with E-state index in [4.69, 9.17) is 0 Å². The average molecular weight is 307 g/mol. The van der Waals surface area contributed by atoms with E-state index < -0.39 is 9.84 Å². The summed E-state index contributed by atoms with van der Waals surface area (Å²) in [6, 6.07) is 0.328. The fourth-order valence-electron chi connectivity index (χ4n) is 2.48. The quantitative estimate of drug-likeness (QED) is 0.636. The van der Waals surface area contributed by atoms with Gasteiger partial charge in [-0.15, -0.1) is 0 Å². The zero-order valence-corrected chi connectivity index (χ0v) is 15.0. The average Bonchev–Trinajstić information content (AvgIpc) is 2.41. The minimum Gasteiger partial charge on any atom is -0.312 e. The lowest BCUT2D eigenvalue weighted by Crippen LogP contribution is -2.57. The van der Waals surface area contributed by atoms with E-state index in [9.17, 15) is 8.42 Å². The monoisotopic (exact) mass is 306 g/mol. The Morgan fingerprint density at radius 2 is 1.80 bits per heavy atom. The van der Waals surface area contributed by atoms with Gasteiger partial charge in [-0.2, -0.15) is 0 Å². The molecular formula is C15H34N2O2S. The van der Waals surface area contributed by atoms with Gasteiger partial charge in [0.25, 0.3) is 0 Å². The molecule has 0 saturated carbocycles. The van der Waals surface area contributed by atoms with Crippen LogP contribution >= 0.6 is 0 Å². The van der Waals surface area contributed by atoms with E-state index in [0.717, 1.165) is 32.2 Å². The molecule has 0 aliphatic rings. The molecule has 0 aromatic rings. The van der Waals surface area contributed by atoms with Crippen LogP contribution in [0.3, 0.4) is 0 Å². The molecule has 0 amide bonds. The van der Waals surface area contributed by atoms with Crippen LogP contribution in [0.5, 0.6) is 0 Å². The second kappa shape index (κ2) is 9.00. The maximum Gasteiger partial charge on any atom is 0.150 e. The lowest BCUT2D eigenvalue weighted by molar-refractivity contribution is 0.107. The molecule has 20 heavy (non-hydrogen) atoms. The van der Waals surface area contributed by atoms with Gasteiger partial charge in [0.15, 0.2) is 0 Å². The molecule has 0 spiro atoms. The first-order valence-electron chi connectivity index (χ1n) is 7.84. The molecule has 0 saturated heterocycles. The predicted octanol–water partition coefficient (Wildman–Crippen LogP) is 2.30. The van der Waals surface area contributed by atoms with Crippen molar-refractivity contribution in [2.45, 2.75) is 65.0 Å². The largest absolute Gasteiger partial charge is 0.312 e. The van der Waals surface area contributed by atoms with Crippen molar-refractivity contribution < 1.29 is 8.42 Å². The van der Waals surface area contributed by atoms with Crippen LogP contribution in [0.4, 0.5) is 0 Å². The van der Waals surface area contributed by atoms with Crippen molar-refractivity contribution in [2.24, 2.45) is 0 Å². The number of hydrogen-bond acceptors (Lipinski definition) is 4. The Kier molecular flexibility index (Phi) is 8.95. The molecule has 0 rings (SSSR count). The third kappa shape index (κ3) is 6.10. The van der Waals surface area contributed by atoms with Crippen LogP contribution in [0.15, 0.2) is 0 Å². The highest BCUT2D eigenvalue weighted by Gasteiger charge is 2.34. The van der Waals surface area contributed by atoms with Gasteiger partial charge in [0, 0.05) is 17.3 Å². The van der Waals surface area contributed by atoms with Gasteiger partial charge in [-0.1, -0.05) is 20.8 Å². The van der Waals surface area contributed by atoms with Crippen molar-refractivity contribution in [3.63, 3.8) is 0 Å². The number of sulfone groups is 1. The molecule has 0 fully saturated rings. The van der Waals surface area contributed by atoms with Gasteiger partial charge in [0.2, 0.25) is 0 Å². The molecular weight excluding hydrogens is 272 g/mol.